The van der Waals surface area contributed by atoms with Gasteiger partial charge in [0.1, 0.15) is 6.33 Å². The Morgan fingerprint density at radius 1 is 1.43 bits per heavy atom. The highest BCUT2D eigenvalue weighted by molar-refractivity contribution is 5.95. The standard InChI is InChI=1S/C15H19N5O/c1-10-8-12-6-4-5-7-13(12)20(10)15(21)17-11(2)14-18-16-9-19(14)3/h4-7,9-11H,8H2,1-3H3,(H,17,21)/t10-,11+/m0/s1. The van der Waals surface area contributed by atoms with Gasteiger partial charge in [0.05, 0.1) is 6.04 Å². The topological polar surface area (TPSA) is 63.1 Å². The Morgan fingerprint density at radius 2 is 2.19 bits per heavy atom. The molecule has 0 unspecified atom stereocenters. The first-order chi connectivity index (χ1) is 10.1. The van der Waals surface area contributed by atoms with Gasteiger partial charge in [-0.15, -0.1) is 10.2 Å². The third kappa shape index (κ3) is 2.37. The summed E-state index contributed by atoms with van der Waals surface area (Å²) in [6.07, 6.45) is 2.52. The predicted molar refractivity (Wildman–Crippen MR) is 80.0 cm³/mol. The van der Waals surface area contributed by atoms with Crippen molar-refractivity contribution in [3.05, 3.63) is 42.0 Å². The Kier molecular flexibility index (Phi) is 3.37. The molecule has 3 rings (SSSR count). The summed E-state index contributed by atoms with van der Waals surface area (Å²) in [4.78, 5) is 14.4. The molecule has 0 saturated carbocycles. The van der Waals surface area contributed by atoms with Gasteiger partial charge in [-0.3, -0.25) is 4.90 Å². The number of rotatable bonds is 2. The molecular formula is C15H19N5O. The minimum Gasteiger partial charge on any atom is -0.328 e. The minimum atomic E-state index is -0.190. The van der Waals surface area contributed by atoms with Gasteiger partial charge in [0.15, 0.2) is 5.82 Å². The molecule has 2 heterocycles. The number of hydrogen-bond donors (Lipinski definition) is 1. The molecule has 1 aromatic carbocycles. The van der Waals surface area contributed by atoms with Crippen LogP contribution in [-0.2, 0) is 13.5 Å². The number of hydrogen-bond acceptors (Lipinski definition) is 3. The number of benzene rings is 1. The fraction of sp³-hybridized carbons (Fsp3) is 0.400. The number of fused-ring (bicyclic) bond motifs is 1. The summed E-state index contributed by atoms with van der Waals surface area (Å²) in [5, 5.41) is 10.9. The van der Waals surface area contributed by atoms with Crippen molar-refractivity contribution < 1.29 is 4.79 Å². The monoisotopic (exact) mass is 285 g/mol. The number of aromatic nitrogens is 3. The average molecular weight is 285 g/mol. The number of para-hydroxylation sites is 1. The van der Waals surface area contributed by atoms with Gasteiger partial charge in [-0.25, -0.2) is 4.79 Å². The average Bonchev–Trinajstić information content (AvgIpc) is 3.00. The fourth-order valence-corrected chi connectivity index (χ4v) is 2.88. The van der Waals surface area contributed by atoms with Crippen molar-refractivity contribution in [1.29, 1.82) is 0 Å². The van der Waals surface area contributed by atoms with Gasteiger partial charge in [-0.2, -0.15) is 0 Å². The summed E-state index contributed by atoms with van der Waals surface area (Å²) in [7, 11) is 1.87. The van der Waals surface area contributed by atoms with Crippen LogP contribution in [0.4, 0.5) is 10.5 Å². The highest BCUT2D eigenvalue weighted by Gasteiger charge is 2.31. The van der Waals surface area contributed by atoms with Crippen LogP contribution in [0.2, 0.25) is 0 Å². The van der Waals surface area contributed by atoms with Crippen LogP contribution in [-0.4, -0.2) is 26.8 Å². The molecule has 0 bridgehead atoms. The summed E-state index contributed by atoms with van der Waals surface area (Å²) in [5.74, 6) is 0.739. The fourth-order valence-electron chi connectivity index (χ4n) is 2.88. The van der Waals surface area contributed by atoms with Crippen molar-refractivity contribution >= 4 is 11.7 Å². The molecule has 0 aliphatic carbocycles. The first-order valence-corrected chi connectivity index (χ1v) is 7.09. The molecule has 0 radical (unpaired) electrons. The number of amides is 2. The SMILES string of the molecule is C[C@@H](NC(=O)N1c2ccccc2C[C@@H]1C)c1nncn1C. The maximum absolute atomic E-state index is 12.6. The van der Waals surface area contributed by atoms with Crippen molar-refractivity contribution in [1.82, 2.24) is 20.1 Å². The first-order valence-electron chi connectivity index (χ1n) is 7.09. The first kappa shape index (κ1) is 13.6. The van der Waals surface area contributed by atoms with Crippen molar-refractivity contribution in [2.24, 2.45) is 7.05 Å². The van der Waals surface area contributed by atoms with E-state index in [1.807, 2.05) is 41.6 Å². The van der Waals surface area contributed by atoms with Gasteiger partial charge >= 0.3 is 6.03 Å². The smallest absolute Gasteiger partial charge is 0.322 e. The molecule has 1 N–H and O–H groups in total. The van der Waals surface area contributed by atoms with Gasteiger partial charge in [0.2, 0.25) is 0 Å². The molecule has 1 aliphatic rings. The van der Waals surface area contributed by atoms with Gasteiger partial charge in [-0.1, -0.05) is 18.2 Å². The molecule has 6 heteroatoms. The normalized spacial score (nSPS) is 18.4. The lowest BCUT2D eigenvalue weighted by atomic mass is 10.1. The molecule has 1 aromatic heterocycles. The molecule has 2 aromatic rings. The van der Waals surface area contributed by atoms with Gasteiger partial charge in [0.25, 0.3) is 0 Å². The molecule has 0 spiro atoms. The minimum absolute atomic E-state index is 0.0945. The molecule has 110 valence electrons. The van der Waals surface area contributed by atoms with Gasteiger partial charge < -0.3 is 9.88 Å². The van der Waals surface area contributed by atoms with E-state index >= 15 is 0 Å². The molecule has 6 nitrogen and oxygen atoms in total. The van der Waals surface area contributed by atoms with Crippen molar-refractivity contribution in [3.8, 4) is 0 Å². The van der Waals surface area contributed by atoms with Crippen molar-refractivity contribution in [3.63, 3.8) is 0 Å². The van der Waals surface area contributed by atoms with E-state index in [-0.39, 0.29) is 18.1 Å². The maximum Gasteiger partial charge on any atom is 0.322 e. The molecule has 0 fully saturated rings. The van der Waals surface area contributed by atoms with Crippen LogP contribution in [0.15, 0.2) is 30.6 Å². The number of carbonyl (C=O) groups excluding carboxylic acids is 1. The Hall–Kier alpha value is -2.37. The molecule has 0 saturated heterocycles. The highest BCUT2D eigenvalue weighted by atomic mass is 16.2. The van der Waals surface area contributed by atoms with E-state index in [1.54, 1.807) is 6.33 Å². The molecule has 1 aliphatic heterocycles. The summed E-state index contributed by atoms with van der Waals surface area (Å²) in [6.45, 7) is 3.97. The lowest BCUT2D eigenvalue weighted by molar-refractivity contribution is 0.241. The van der Waals surface area contributed by atoms with E-state index in [1.165, 1.54) is 5.56 Å². The quantitative estimate of drug-likeness (QED) is 0.918. The molecular weight excluding hydrogens is 266 g/mol. The number of nitrogens with one attached hydrogen (secondary N) is 1. The van der Waals surface area contributed by atoms with Crippen LogP contribution in [0.1, 0.15) is 31.3 Å². The summed E-state index contributed by atoms with van der Waals surface area (Å²) < 4.78 is 1.81. The van der Waals surface area contributed by atoms with Crippen molar-refractivity contribution in [2.45, 2.75) is 32.4 Å². The van der Waals surface area contributed by atoms with Crippen LogP contribution in [0.25, 0.3) is 0 Å². The Labute approximate surface area is 123 Å². The largest absolute Gasteiger partial charge is 0.328 e. The van der Waals surface area contributed by atoms with E-state index in [0.29, 0.717) is 0 Å². The number of nitrogens with zero attached hydrogens (tertiary/aromatic N) is 4. The second-order valence-electron chi connectivity index (χ2n) is 5.52. The maximum atomic E-state index is 12.6. The zero-order valence-electron chi connectivity index (χ0n) is 12.4. The number of carbonyl (C=O) groups is 1. The number of anilines is 1. The number of aryl methyl sites for hydroxylation is 1. The third-order valence-electron chi connectivity index (χ3n) is 3.90. The third-order valence-corrected chi connectivity index (χ3v) is 3.90. The van der Waals surface area contributed by atoms with Gasteiger partial charge in [-0.05, 0) is 31.9 Å². The summed E-state index contributed by atoms with van der Waals surface area (Å²) in [5.41, 5.74) is 2.21. The Bertz CT molecular complexity index is 666. The Morgan fingerprint density at radius 3 is 2.90 bits per heavy atom. The van der Waals surface area contributed by atoms with E-state index in [4.69, 9.17) is 0 Å². The second-order valence-corrected chi connectivity index (χ2v) is 5.52. The van der Waals surface area contributed by atoms with Crippen molar-refractivity contribution in [2.75, 3.05) is 4.90 Å². The summed E-state index contributed by atoms with van der Waals surface area (Å²) >= 11 is 0. The van der Waals surface area contributed by atoms with E-state index in [2.05, 4.69) is 28.5 Å². The van der Waals surface area contributed by atoms with E-state index < -0.39 is 0 Å². The van der Waals surface area contributed by atoms with E-state index in [9.17, 15) is 4.79 Å². The predicted octanol–water partition coefficient (Wildman–Crippen LogP) is 2.04. The van der Waals surface area contributed by atoms with Crippen LogP contribution >= 0.6 is 0 Å². The van der Waals surface area contributed by atoms with Crippen LogP contribution in [0.5, 0.6) is 0 Å². The number of urea groups is 1. The summed E-state index contributed by atoms with van der Waals surface area (Å²) in [6, 6.07) is 7.91. The Balaban J connectivity index is 1.78. The van der Waals surface area contributed by atoms with Crippen LogP contribution in [0.3, 0.4) is 0 Å². The zero-order valence-corrected chi connectivity index (χ0v) is 12.4. The zero-order chi connectivity index (χ0) is 15.0. The lowest BCUT2D eigenvalue weighted by Gasteiger charge is -2.25. The molecule has 2 amide bonds. The molecule has 21 heavy (non-hydrogen) atoms. The van der Waals surface area contributed by atoms with Gasteiger partial charge in [0, 0.05) is 18.8 Å². The second kappa shape index (κ2) is 5.20. The van der Waals surface area contributed by atoms with Crippen LogP contribution in [0, 0.1) is 0 Å². The lowest BCUT2D eigenvalue weighted by Crippen LogP contribution is -2.44. The molecule has 2 atom stereocenters. The van der Waals surface area contributed by atoms with E-state index in [0.717, 1.165) is 17.9 Å². The van der Waals surface area contributed by atoms with Crippen LogP contribution < -0.4 is 10.2 Å². The highest BCUT2D eigenvalue weighted by Crippen LogP contribution is 2.31.